The van der Waals surface area contributed by atoms with Crippen LogP contribution in [0.2, 0.25) is 0 Å². The number of aliphatic hydroxyl groups is 1. The molecule has 0 aliphatic carbocycles. The zero-order chi connectivity index (χ0) is 11.9. The van der Waals surface area contributed by atoms with Gasteiger partial charge in [0, 0.05) is 10.2 Å². The molecule has 0 amide bonds. The molecule has 0 saturated carbocycles. The molecule has 1 fully saturated rings. The van der Waals surface area contributed by atoms with Crippen LogP contribution in [0, 0.1) is 0 Å². The Morgan fingerprint density at radius 2 is 1.81 bits per heavy atom. The number of benzene rings is 1. The van der Waals surface area contributed by atoms with Crippen LogP contribution in [-0.2, 0) is 0 Å². The molecule has 0 radical (unpaired) electrons. The van der Waals surface area contributed by atoms with Crippen LogP contribution in [0.5, 0.6) is 0 Å². The van der Waals surface area contributed by atoms with Crippen molar-refractivity contribution in [2.24, 2.45) is 0 Å². The Bertz CT molecular complexity index is 379. The van der Waals surface area contributed by atoms with Crippen LogP contribution in [0.4, 0.5) is 18.9 Å². The lowest BCUT2D eigenvalue weighted by Gasteiger charge is -2.08. The van der Waals surface area contributed by atoms with E-state index in [1.165, 1.54) is 4.90 Å². The van der Waals surface area contributed by atoms with E-state index in [1.807, 2.05) is 0 Å². The van der Waals surface area contributed by atoms with Gasteiger partial charge < -0.3 is 10.0 Å². The largest absolute Gasteiger partial charge is 0.410 e. The highest BCUT2D eigenvalue weighted by Crippen LogP contribution is 2.44. The Hall–Kier alpha value is -0.750. The highest BCUT2D eigenvalue weighted by molar-refractivity contribution is 9.10. The van der Waals surface area contributed by atoms with E-state index in [9.17, 15) is 13.2 Å². The molecule has 1 aliphatic heterocycles. The van der Waals surface area contributed by atoms with Gasteiger partial charge in [-0.15, -0.1) is 0 Å². The number of hydrogen-bond donors (Lipinski definition) is 1. The topological polar surface area (TPSA) is 23.2 Å². The maximum atomic E-state index is 12.5. The van der Waals surface area contributed by atoms with E-state index in [4.69, 9.17) is 5.11 Å². The first kappa shape index (κ1) is 11.7. The zero-order valence-electron chi connectivity index (χ0n) is 8.08. The highest BCUT2D eigenvalue weighted by atomic mass is 79.9. The van der Waals surface area contributed by atoms with Crippen molar-refractivity contribution in [3.8, 4) is 0 Å². The number of halogens is 4. The summed E-state index contributed by atoms with van der Waals surface area (Å²) in [6, 6.07) is 4.14. The monoisotopic (exact) mass is 295 g/mol. The molecule has 1 aromatic carbocycles. The molecule has 16 heavy (non-hydrogen) atoms. The lowest BCUT2D eigenvalue weighted by molar-refractivity contribution is -0.128. The van der Waals surface area contributed by atoms with Crippen LogP contribution in [0.3, 0.4) is 0 Å². The van der Waals surface area contributed by atoms with Crippen molar-refractivity contribution in [1.29, 1.82) is 0 Å². The van der Waals surface area contributed by atoms with Crippen molar-refractivity contribution in [2.45, 2.75) is 18.3 Å². The third-order valence-corrected chi connectivity index (χ3v) is 3.11. The van der Waals surface area contributed by atoms with Crippen LogP contribution >= 0.6 is 15.9 Å². The first-order valence-corrected chi connectivity index (χ1v) is 5.46. The summed E-state index contributed by atoms with van der Waals surface area (Å²) in [5, 5.41) is 8.88. The summed E-state index contributed by atoms with van der Waals surface area (Å²) in [4.78, 5) is 1.17. The van der Waals surface area contributed by atoms with E-state index in [-0.39, 0.29) is 0 Å². The smallest absolute Gasteiger partial charge is 0.394 e. The fraction of sp³-hybridized carbons (Fsp3) is 0.400. The van der Waals surface area contributed by atoms with Gasteiger partial charge in [0.15, 0.2) is 0 Å². The van der Waals surface area contributed by atoms with Gasteiger partial charge in [0.2, 0.25) is 0 Å². The number of alkyl halides is 3. The van der Waals surface area contributed by atoms with E-state index < -0.39 is 24.9 Å². The maximum Gasteiger partial charge on any atom is 0.410 e. The summed E-state index contributed by atoms with van der Waals surface area (Å²) in [6.45, 7) is -0.486. The van der Waals surface area contributed by atoms with Gasteiger partial charge >= 0.3 is 6.18 Å². The molecule has 2 atom stereocenters. The molecule has 88 valence electrons. The average molecular weight is 296 g/mol. The van der Waals surface area contributed by atoms with Gasteiger partial charge in [-0.3, -0.25) is 0 Å². The Labute approximate surface area is 98.8 Å². The first-order chi connectivity index (χ1) is 7.45. The molecule has 1 aliphatic rings. The molecule has 1 saturated heterocycles. The van der Waals surface area contributed by atoms with Gasteiger partial charge in [-0.05, 0) is 24.3 Å². The number of anilines is 1. The number of aliphatic hydroxyl groups excluding tert-OH is 1. The fourth-order valence-electron chi connectivity index (χ4n) is 1.81. The summed E-state index contributed by atoms with van der Waals surface area (Å²) in [5.41, 5.74) is 0.476. The van der Waals surface area contributed by atoms with Crippen LogP contribution in [0.15, 0.2) is 28.7 Å². The molecule has 0 bridgehead atoms. The molecule has 0 aromatic heterocycles. The Morgan fingerprint density at radius 1 is 1.25 bits per heavy atom. The number of nitrogens with zero attached hydrogens (tertiary/aromatic N) is 1. The molecular formula is C10H9BrF3NO. The molecule has 1 N–H and O–H groups in total. The molecule has 0 unspecified atom stereocenters. The summed E-state index contributed by atoms with van der Waals surface area (Å²) >= 11 is 3.21. The second kappa shape index (κ2) is 3.92. The van der Waals surface area contributed by atoms with Crippen molar-refractivity contribution in [3.05, 3.63) is 28.7 Å². The van der Waals surface area contributed by atoms with Crippen molar-refractivity contribution < 1.29 is 18.3 Å². The standard InChI is InChI=1S/C10H9BrF3NO/c11-6-1-3-7(4-2-6)15-8(5-16)9(15)10(12,13)14/h1-4,8-9,16H,5H2/t8-,9-,15?/m0/s1. The third kappa shape index (κ3) is 2.04. The van der Waals surface area contributed by atoms with E-state index in [2.05, 4.69) is 15.9 Å². The zero-order valence-corrected chi connectivity index (χ0v) is 9.66. The summed E-state index contributed by atoms with van der Waals surface area (Å²) < 4.78 is 38.4. The van der Waals surface area contributed by atoms with Crippen LogP contribution in [0.1, 0.15) is 0 Å². The predicted molar refractivity (Wildman–Crippen MR) is 57.3 cm³/mol. The van der Waals surface area contributed by atoms with E-state index >= 15 is 0 Å². The number of hydrogen-bond acceptors (Lipinski definition) is 2. The van der Waals surface area contributed by atoms with Crippen LogP contribution < -0.4 is 4.90 Å². The minimum absolute atomic E-state index is 0.476. The minimum atomic E-state index is -4.29. The van der Waals surface area contributed by atoms with Crippen molar-refractivity contribution >= 4 is 21.6 Å². The normalized spacial score (nSPS) is 24.7. The quantitative estimate of drug-likeness (QED) is 0.848. The lowest BCUT2D eigenvalue weighted by atomic mass is 10.3. The molecule has 1 aromatic rings. The SMILES string of the molecule is OC[C@H]1[C@@H](C(F)(F)F)N1c1ccc(Br)cc1. The predicted octanol–water partition coefficient (Wildman–Crippen LogP) is 2.56. The average Bonchev–Trinajstić information content (AvgIpc) is 2.92. The van der Waals surface area contributed by atoms with Crippen molar-refractivity contribution in [2.75, 3.05) is 11.5 Å². The van der Waals surface area contributed by atoms with Gasteiger partial charge in [-0.2, -0.15) is 13.2 Å². The van der Waals surface area contributed by atoms with Gasteiger partial charge in [0.25, 0.3) is 0 Å². The minimum Gasteiger partial charge on any atom is -0.394 e. The van der Waals surface area contributed by atoms with Crippen LogP contribution in [0.25, 0.3) is 0 Å². The molecule has 1 heterocycles. The maximum absolute atomic E-state index is 12.5. The first-order valence-electron chi connectivity index (χ1n) is 4.66. The highest BCUT2D eigenvalue weighted by Gasteiger charge is 2.62. The second-order valence-corrected chi connectivity index (χ2v) is 4.54. The summed E-state index contributed by atoms with van der Waals surface area (Å²) in [7, 11) is 0. The third-order valence-electron chi connectivity index (χ3n) is 2.58. The molecule has 2 rings (SSSR count). The van der Waals surface area contributed by atoms with Crippen LogP contribution in [-0.4, -0.2) is 30.0 Å². The molecule has 6 heteroatoms. The Morgan fingerprint density at radius 3 is 2.19 bits per heavy atom. The molecule has 0 spiro atoms. The van der Waals surface area contributed by atoms with E-state index in [0.717, 1.165) is 4.47 Å². The van der Waals surface area contributed by atoms with Crippen molar-refractivity contribution in [1.82, 2.24) is 0 Å². The Balaban J connectivity index is 2.20. The molecule has 2 nitrogen and oxygen atoms in total. The summed E-state index contributed by atoms with van der Waals surface area (Å²) in [5.74, 6) is 0. The van der Waals surface area contributed by atoms with E-state index in [1.54, 1.807) is 24.3 Å². The fourth-order valence-corrected chi connectivity index (χ4v) is 2.07. The van der Waals surface area contributed by atoms with Gasteiger partial charge in [-0.1, -0.05) is 15.9 Å². The lowest BCUT2D eigenvalue weighted by Crippen LogP contribution is -2.22. The second-order valence-electron chi connectivity index (χ2n) is 3.62. The molecular weight excluding hydrogens is 287 g/mol. The van der Waals surface area contributed by atoms with Gasteiger partial charge in [0.1, 0.15) is 6.04 Å². The van der Waals surface area contributed by atoms with Gasteiger partial charge in [-0.25, -0.2) is 0 Å². The number of rotatable bonds is 2. The van der Waals surface area contributed by atoms with E-state index in [0.29, 0.717) is 5.69 Å². The Kier molecular flexibility index (Phi) is 2.88. The summed E-state index contributed by atoms with van der Waals surface area (Å²) in [6.07, 6.45) is -4.29. The van der Waals surface area contributed by atoms with Crippen molar-refractivity contribution in [3.63, 3.8) is 0 Å². The van der Waals surface area contributed by atoms with Gasteiger partial charge in [0.05, 0.1) is 12.6 Å².